The Balaban J connectivity index is 1.91. The van der Waals surface area contributed by atoms with E-state index in [9.17, 15) is 9.59 Å². The standard InChI is InChI=1S/C20H25N3O2/c1-14(2)22-20(25)18-13-17(11-10-15(18)3)23-19(24)9-6-8-16-7-4-5-12-21-16/h4-5,7,10-14H,6,8-9H2,1-3H3,(H,22,25)(H,23,24). The van der Waals surface area contributed by atoms with Gasteiger partial charge >= 0.3 is 0 Å². The van der Waals surface area contributed by atoms with Gasteiger partial charge in [-0.1, -0.05) is 12.1 Å². The Morgan fingerprint density at radius 2 is 1.96 bits per heavy atom. The van der Waals surface area contributed by atoms with Crippen molar-refractivity contribution in [1.29, 1.82) is 0 Å². The predicted octanol–water partition coefficient (Wildman–Crippen LogP) is 3.49. The van der Waals surface area contributed by atoms with Crippen LogP contribution in [0.2, 0.25) is 0 Å². The van der Waals surface area contributed by atoms with Crippen LogP contribution in [0.4, 0.5) is 5.69 Å². The molecule has 2 rings (SSSR count). The molecule has 1 heterocycles. The van der Waals surface area contributed by atoms with Gasteiger partial charge in [0.05, 0.1) is 0 Å². The molecule has 0 bridgehead atoms. The van der Waals surface area contributed by atoms with Crippen LogP contribution in [0.15, 0.2) is 42.6 Å². The lowest BCUT2D eigenvalue weighted by Gasteiger charge is -2.12. The van der Waals surface area contributed by atoms with E-state index in [1.165, 1.54) is 0 Å². The fourth-order valence-corrected chi connectivity index (χ4v) is 2.48. The van der Waals surface area contributed by atoms with Crippen LogP contribution in [0.25, 0.3) is 0 Å². The van der Waals surface area contributed by atoms with Gasteiger partial charge in [-0.15, -0.1) is 0 Å². The summed E-state index contributed by atoms with van der Waals surface area (Å²) in [5.41, 5.74) is 3.09. The second kappa shape index (κ2) is 8.97. The number of nitrogens with one attached hydrogen (secondary N) is 2. The van der Waals surface area contributed by atoms with E-state index in [1.807, 2.05) is 51.1 Å². The van der Waals surface area contributed by atoms with Crippen molar-refractivity contribution in [1.82, 2.24) is 10.3 Å². The molecule has 0 aliphatic heterocycles. The van der Waals surface area contributed by atoms with E-state index in [4.69, 9.17) is 0 Å². The molecule has 0 saturated carbocycles. The zero-order valence-electron chi connectivity index (χ0n) is 15.0. The number of nitrogens with zero attached hydrogens (tertiary/aromatic N) is 1. The van der Waals surface area contributed by atoms with Crippen LogP contribution in [-0.2, 0) is 11.2 Å². The molecule has 2 aromatic rings. The molecule has 5 heteroatoms. The monoisotopic (exact) mass is 339 g/mol. The van der Waals surface area contributed by atoms with E-state index in [0.29, 0.717) is 17.7 Å². The molecule has 2 N–H and O–H groups in total. The Hall–Kier alpha value is -2.69. The third-order valence-corrected chi connectivity index (χ3v) is 3.75. The van der Waals surface area contributed by atoms with E-state index < -0.39 is 0 Å². The average Bonchev–Trinajstić information content (AvgIpc) is 2.57. The number of anilines is 1. The van der Waals surface area contributed by atoms with E-state index >= 15 is 0 Å². The summed E-state index contributed by atoms with van der Waals surface area (Å²) >= 11 is 0. The normalized spacial score (nSPS) is 10.6. The molecule has 0 fully saturated rings. The van der Waals surface area contributed by atoms with E-state index in [2.05, 4.69) is 15.6 Å². The highest BCUT2D eigenvalue weighted by Crippen LogP contribution is 2.16. The molecule has 25 heavy (non-hydrogen) atoms. The van der Waals surface area contributed by atoms with Crippen LogP contribution < -0.4 is 10.6 Å². The maximum Gasteiger partial charge on any atom is 0.251 e. The Labute approximate surface area is 148 Å². The number of carbonyl (C=O) groups is 2. The van der Waals surface area contributed by atoms with Crippen molar-refractivity contribution >= 4 is 17.5 Å². The molecule has 1 aromatic carbocycles. The number of amides is 2. The first-order valence-electron chi connectivity index (χ1n) is 8.57. The molecule has 0 radical (unpaired) electrons. The summed E-state index contributed by atoms with van der Waals surface area (Å²) < 4.78 is 0. The third kappa shape index (κ3) is 6.03. The van der Waals surface area contributed by atoms with Gasteiger partial charge in [0.25, 0.3) is 5.91 Å². The molecule has 5 nitrogen and oxygen atoms in total. The molecule has 0 spiro atoms. The van der Waals surface area contributed by atoms with Crippen LogP contribution in [0.5, 0.6) is 0 Å². The molecular formula is C20H25N3O2. The van der Waals surface area contributed by atoms with Gasteiger partial charge in [-0.05, 0) is 63.4 Å². The van der Waals surface area contributed by atoms with Gasteiger partial charge in [0.2, 0.25) is 5.91 Å². The Morgan fingerprint density at radius 3 is 2.64 bits per heavy atom. The highest BCUT2D eigenvalue weighted by molar-refractivity contribution is 5.98. The zero-order valence-corrected chi connectivity index (χ0v) is 15.0. The summed E-state index contributed by atoms with van der Waals surface area (Å²) in [6.07, 6.45) is 3.67. The number of pyridine rings is 1. The van der Waals surface area contributed by atoms with Crippen molar-refractivity contribution in [2.24, 2.45) is 0 Å². The number of aryl methyl sites for hydroxylation is 2. The van der Waals surface area contributed by atoms with Crippen LogP contribution in [-0.4, -0.2) is 22.8 Å². The SMILES string of the molecule is Cc1ccc(NC(=O)CCCc2ccccn2)cc1C(=O)NC(C)C. The van der Waals surface area contributed by atoms with Crippen molar-refractivity contribution in [3.63, 3.8) is 0 Å². The van der Waals surface area contributed by atoms with Gasteiger partial charge in [0.15, 0.2) is 0 Å². The highest BCUT2D eigenvalue weighted by Gasteiger charge is 2.12. The molecule has 0 saturated heterocycles. The highest BCUT2D eigenvalue weighted by atomic mass is 16.2. The van der Waals surface area contributed by atoms with Crippen LogP contribution in [0.3, 0.4) is 0 Å². The van der Waals surface area contributed by atoms with Crippen LogP contribution >= 0.6 is 0 Å². The molecule has 0 atom stereocenters. The predicted molar refractivity (Wildman–Crippen MR) is 99.6 cm³/mol. The van der Waals surface area contributed by atoms with E-state index in [1.54, 1.807) is 12.3 Å². The number of aromatic nitrogens is 1. The molecule has 1 aromatic heterocycles. The van der Waals surface area contributed by atoms with Gasteiger partial charge in [-0.25, -0.2) is 0 Å². The summed E-state index contributed by atoms with van der Waals surface area (Å²) in [6.45, 7) is 5.72. The van der Waals surface area contributed by atoms with Crippen molar-refractivity contribution in [3.05, 3.63) is 59.4 Å². The number of rotatable bonds is 7. The fourth-order valence-electron chi connectivity index (χ4n) is 2.48. The second-order valence-corrected chi connectivity index (χ2v) is 6.38. The second-order valence-electron chi connectivity index (χ2n) is 6.38. The van der Waals surface area contributed by atoms with Gasteiger partial charge < -0.3 is 10.6 Å². The molecule has 132 valence electrons. The average molecular weight is 339 g/mol. The van der Waals surface area contributed by atoms with Crippen LogP contribution in [0.1, 0.15) is 48.3 Å². The maximum atomic E-state index is 12.2. The summed E-state index contributed by atoms with van der Waals surface area (Å²) in [6, 6.07) is 11.2. The smallest absolute Gasteiger partial charge is 0.251 e. The molecule has 0 aliphatic carbocycles. The van der Waals surface area contributed by atoms with Gasteiger partial charge in [-0.3, -0.25) is 14.6 Å². The lowest BCUT2D eigenvalue weighted by atomic mass is 10.1. The molecule has 2 amide bonds. The lowest BCUT2D eigenvalue weighted by molar-refractivity contribution is -0.116. The minimum absolute atomic E-state index is 0.0602. The lowest BCUT2D eigenvalue weighted by Crippen LogP contribution is -2.30. The first kappa shape index (κ1) is 18.6. The zero-order chi connectivity index (χ0) is 18.2. The van der Waals surface area contributed by atoms with Gasteiger partial charge in [0, 0.05) is 35.6 Å². The number of hydrogen-bond donors (Lipinski definition) is 2. The Kier molecular flexibility index (Phi) is 6.69. The quantitative estimate of drug-likeness (QED) is 0.811. The summed E-state index contributed by atoms with van der Waals surface area (Å²) in [4.78, 5) is 28.6. The number of benzene rings is 1. The van der Waals surface area contributed by atoms with E-state index in [-0.39, 0.29) is 17.9 Å². The number of hydrogen-bond acceptors (Lipinski definition) is 3. The van der Waals surface area contributed by atoms with Gasteiger partial charge in [0.1, 0.15) is 0 Å². The van der Waals surface area contributed by atoms with Crippen molar-refractivity contribution in [3.8, 4) is 0 Å². The Morgan fingerprint density at radius 1 is 1.16 bits per heavy atom. The molecule has 0 unspecified atom stereocenters. The van der Waals surface area contributed by atoms with E-state index in [0.717, 1.165) is 24.1 Å². The van der Waals surface area contributed by atoms with Crippen molar-refractivity contribution < 1.29 is 9.59 Å². The first-order chi connectivity index (χ1) is 12.0. The largest absolute Gasteiger partial charge is 0.350 e. The molecule has 0 aliphatic rings. The van der Waals surface area contributed by atoms with Gasteiger partial charge in [-0.2, -0.15) is 0 Å². The number of carbonyl (C=O) groups excluding carboxylic acids is 2. The van der Waals surface area contributed by atoms with Crippen molar-refractivity contribution in [2.45, 2.75) is 46.1 Å². The maximum absolute atomic E-state index is 12.2. The first-order valence-corrected chi connectivity index (χ1v) is 8.57. The van der Waals surface area contributed by atoms with Crippen LogP contribution in [0, 0.1) is 6.92 Å². The minimum atomic E-state index is -0.126. The molecular weight excluding hydrogens is 314 g/mol. The summed E-state index contributed by atoms with van der Waals surface area (Å²) in [5.74, 6) is -0.186. The Bertz CT molecular complexity index is 727. The van der Waals surface area contributed by atoms with Crippen molar-refractivity contribution in [2.75, 3.05) is 5.32 Å². The fraction of sp³-hybridized carbons (Fsp3) is 0.350. The topological polar surface area (TPSA) is 71.1 Å². The summed E-state index contributed by atoms with van der Waals surface area (Å²) in [7, 11) is 0. The third-order valence-electron chi connectivity index (χ3n) is 3.75. The summed E-state index contributed by atoms with van der Waals surface area (Å²) in [5, 5.41) is 5.74. The minimum Gasteiger partial charge on any atom is -0.350 e.